The van der Waals surface area contributed by atoms with Gasteiger partial charge in [-0.05, 0) is 24.1 Å². The molecule has 1 aromatic rings. The Labute approximate surface area is 62.5 Å². The van der Waals surface area contributed by atoms with Gasteiger partial charge in [-0.1, -0.05) is 6.07 Å². The molecule has 4 heteroatoms. The topological polar surface area (TPSA) is 52.0 Å². The molecule has 0 amide bonds. The second kappa shape index (κ2) is 2.90. The minimum Gasteiger partial charge on any atom is -0.395 e. The van der Waals surface area contributed by atoms with Crippen LogP contribution in [0.5, 0.6) is 0 Å². The fraction of sp³-hybridized carbons (Fsp3) is 0. The van der Waals surface area contributed by atoms with Gasteiger partial charge >= 0.3 is 0 Å². The molecule has 54 valence electrons. The number of halogens is 1. The lowest BCUT2D eigenvalue weighted by molar-refractivity contribution is 0.629. The summed E-state index contributed by atoms with van der Waals surface area (Å²) in [6.45, 7) is 0. The Morgan fingerprint density at radius 3 is 2.60 bits per heavy atom. The highest BCUT2D eigenvalue weighted by molar-refractivity contribution is 7.97. The molecule has 0 aliphatic rings. The van der Waals surface area contributed by atoms with E-state index in [4.69, 9.17) is 10.9 Å². The molecule has 0 heterocycles. The van der Waals surface area contributed by atoms with Gasteiger partial charge in [0.25, 0.3) is 0 Å². The van der Waals surface area contributed by atoms with Crippen molar-refractivity contribution >= 4 is 17.6 Å². The van der Waals surface area contributed by atoms with E-state index >= 15 is 0 Å². The first kappa shape index (κ1) is 7.37. The number of hydrogen-bond acceptors (Lipinski definition) is 3. The Kier molecular flexibility index (Phi) is 2.13. The average molecular weight is 158 g/mol. The van der Waals surface area contributed by atoms with Crippen molar-refractivity contribution in [1.29, 1.82) is 0 Å². The van der Waals surface area contributed by atoms with E-state index in [1.54, 1.807) is 12.1 Å². The summed E-state index contributed by atoms with van der Waals surface area (Å²) in [5.41, 5.74) is 5.44. The van der Waals surface area contributed by atoms with Crippen molar-refractivity contribution in [2.24, 2.45) is 5.14 Å². The molecule has 0 spiro atoms. The summed E-state index contributed by atoms with van der Waals surface area (Å²) in [4.78, 5) is 0.569. The summed E-state index contributed by atoms with van der Waals surface area (Å²) in [5.74, 6) is -0.421. The molecule has 0 aliphatic heterocycles. The molecule has 4 N–H and O–H groups in total. The zero-order valence-corrected chi connectivity index (χ0v) is 5.99. The average Bonchev–Trinajstić information content (AvgIpc) is 1.95. The number of rotatable bonds is 1. The Morgan fingerprint density at radius 1 is 1.40 bits per heavy atom. The Bertz CT molecular complexity index is 239. The van der Waals surface area contributed by atoms with Gasteiger partial charge in [0.2, 0.25) is 0 Å². The Hall–Kier alpha value is -0.740. The van der Waals surface area contributed by atoms with E-state index in [-0.39, 0.29) is 5.69 Å². The number of para-hydroxylation sites is 1. The molecule has 0 bridgehead atoms. The molecule has 2 nitrogen and oxygen atoms in total. The summed E-state index contributed by atoms with van der Waals surface area (Å²) in [6.07, 6.45) is 0. The molecule has 0 unspecified atom stereocenters. The van der Waals surface area contributed by atoms with Crippen LogP contribution in [0.4, 0.5) is 10.1 Å². The number of anilines is 1. The van der Waals surface area contributed by atoms with Gasteiger partial charge in [0.05, 0.1) is 5.69 Å². The van der Waals surface area contributed by atoms with Gasteiger partial charge in [0.15, 0.2) is 0 Å². The maximum Gasteiger partial charge on any atom is 0.147 e. The Morgan fingerprint density at radius 2 is 2.10 bits per heavy atom. The monoisotopic (exact) mass is 158 g/mol. The third-order valence-electron chi connectivity index (χ3n) is 1.14. The lowest BCUT2D eigenvalue weighted by Crippen LogP contribution is -1.94. The smallest absolute Gasteiger partial charge is 0.147 e. The van der Waals surface area contributed by atoms with Crippen molar-refractivity contribution in [2.45, 2.75) is 4.90 Å². The Balaban J connectivity index is 3.14. The van der Waals surface area contributed by atoms with Crippen LogP contribution in [0, 0.1) is 5.82 Å². The van der Waals surface area contributed by atoms with Crippen LogP contribution in [0.2, 0.25) is 0 Å². The van der Waals surface area contributed by atoms with E-state index in [1.165, 1.54) is 6.07 Å². The minimum atomic E-state index is -0.421. The van der Waals surface area contributed by atoms with E-state index in [0.717, 1.165) is 11.9 Å². The van der Waals surface area contributed by atoms with Crippen LogP contribution in [0.1, 0.15) is 0 Å². The van der Waals surface area contributed by atoms with Crippen LogP contribution in [-0.4, -0.2) is 0 Å². The van der Waals surface area contributed by atoms with Crippen LogP contribution in [0.15, 0.2) is 23.1 Å². The van der Waals surface area contributed by atoms with Gasteiger partial charge < -0.3 is 5.73 Å². The maximum atomic E-state index is 12.6. The van der Waals surface area contributed by atoms with Crippen molar-refractivity contribution in [2.75, 3.05) is 5.73 Å². The molecule has 1 aromatic carbocycles. The molecule has 10 heavy (non-hydrogen) atoms. The van der Waals surface area contributed by atoms with E-state index in [9.17, 15) is 4.39 Å². The second-order valence-corrected chi connectivity index (χ2v) is 2.45. The van der Waals surface area contributed by atoms with Gasteiger partial charge in [-0.25, -0.2) is 4.39 Å². The SMILES string of the molecule is NSc1cccc(F)c1N. The molecule has 0 saturated heterocycles. The van der Waals surface area contributed by atoms with Crippen LogP contribution < -0.4 is 10.9 Å². The molecule has 0 atom stereocenters. The molecule has 0 fully saturated rings. The third kappa shape index (κ3) is 1.22. The van der Waals surface area contributed by atoms with Crippen LogP contribution in [-0.2, 0) is 0 Å². The van der Waals surface area contributed by atoms with E-state index in [1.807, 2.05) is 0 Å². The summed E-state index contributed by atoms with van der Waals surface area (Å²) < 4.78 is 12.6. The van der Waals surface area contributed by atoms with Gasteiger partial charge in [0.1, 0.15) is 5.82 Å². The normalized spacial score (nSPS) is 9.80. The molecular formula is C6H7FN2S. The van der Waals surface area contributed by atoms with Crippen LogP contribution >= 0.6 is 11.9 Å². The van der Waals surface area contributed by atoms with E-state index in [0.29, 0.717) is 4.90 Å². The molecule has 0 saturated carbocycles. The lowest BCUT2D eigenvalue weighted by atomic mass is 10.3. The van der Waals surface area contributed by atoms with Crippen molar-refractivity contribution in [3.8, 4) is 0 Å². The largest absolute Gasteiger partial charge is 0.395 e. The molecule has 0 aliphatic carbocycles. The molecule has 1 rings (SSSR count). The molecule has 0 aromatic heterocycles. The minimum absolute atomic E-state index is 0.120. The predicted molar refractivity (Wildman–Crippen MR) is 40.9 cm³/mol. The summed E-state index contributed by atoms with van der Waals surface area (Å²) in [6, 6.07) is 4.54. The second-order valence-electron chi connectivity index (χ2n) is 1.77. The van der Waals surface area contributed by atoms with Crippen LogP contribution in [0.25, 0.3) is 0 Å². The highest BCUT2D eigenvalue weighted by Crippen LogP contribution is 2.22. The third-order valence-corrected chi connectivity index (χ3v) is 1.75. The van der Waals surface area contributed by atoms with Crippen LogP contribution in [0.3, 0.4) is 0 Å². The van der Waals surface area contributed by atoms with Crippen molar-refractivity contribution in [1.82, 2.24) is 0 Å². The fourth-order valence-corrected chi connectivity index (χ4v) is 1.00. The van der Waals surface area contributed by atoms with Gasteiger partial charge in [-0.3, -0.25) is 5.14 Å². The highest BCUT2D eigenvalue weighted by atomic mass is 32.2. The number of benzene rings is 1. The molecule has 0 radical (unpaired) electrons. The van der Waals surface area contributed by atoms with Gasteiger partial charge in [-0.15, -0.1) is 0 Å². The quantitative estimate of drug-likeness (QED) is 0.479. The number of nitrogens with two attached hydrogens (primary N) is 2. The molecular weight excluding hydrogens is 151 g/mol. The summed E-state index contributed by atoms with van der Waals surface area (Å²) >= 11 is 0.945. The zero-order chi connectivity index (χ0) is 7.56. The maximum absolute atomic E-state index is 12.6. The predicted octanol–water partition coefficient (Wildman–Crippen LogP) is 1.37. The summed E-state index contributed by atoms with van der Waals surface area (Å²) in [5, 5.41) is 5.19. The first-order valence-corrected chi connectivity index (χ1v) is 3.54. The first-order chi connectivity index (χ1) is 4.75. The fourth-order valence-electron chi connectivity index (χ4n) is 0.620. The first-order valence-electron chi connectivity index (χ1n) is 2.66. The van der Waals surface area contributed by atoms with Crippen molar-refractivity contribution in [3.05, 3.63) is 24.0 Å². The van der Waals surface area contributed by atoms with Crippen molar-refractivity contribution in [3.63, 3.8) is 0 Å². The van der Waals surface area contributed by atoms with E-state index < -0.39 is 5.82 Å². The summed E-state index contributed by atoms with van der Waals surface area (Å²) in [7, 11) is 0. The highest BCUT2D eigenvalue weighted by Gasteiger charge is 2.01. The standard InChI is InChI=1S/C6H7FN2S/c7-4-2-1-3-5(10-9)6(4)8/h1-3H,8-9H2. The lowest BCUT2D eigenvalue weighted by Gasteiger charge is -2.00. The number of hydrogen-bond donors (Lipinski definition) is 2. The van der Waals surface area contributed by atoms with Gasteiger partial charge in [0, 0.05) is 4.90 Å². The van der Waals surface area contributed by atoms with Gasteiger partial charge in [-0.2, -0.15) is 0 Å². The van der Waals surface area contributed by atoms with E-state index in [2.05, 4.69) is 0 Å². The zero-order valence-electron chi connectivity index (χ0n) is 5.17. The number of nitrogen functional groups attached to an aromatic ring is 1. The van der Waals surface area contributed by atoms with Crippen molar-refractivity contribution < 1.29 is 4.39 Å².